The van der Waals surface area contributed by atoms with E-state index in [1.807, 2.05) is 0 Å². The Morgan fingerprint density at radius 3 is 2.62 bits per heavy atom. The Bertz CT molecular complexity index is 615. The van der Waals surface area contributed by atoms with Crippen LogP contribution in [0.4, 0.5) is 4.79 Å². The number of amides is 2. The van der Waals surface area contributed by atoms with Crippen molar-refractivity contribution in [2.24, 2.45) is 0 Å². The highest BCUT2D eigenvalue weighted by Gasteiger charge is 2.31. The van der Waals surface area contributed by atoms with Crippen LogP contribution in [0.1, 0.15) is 36.5 Å². The number of aromatic nitrogens is 1. The van der Waals surface area contributed by atoms with Gasteiger partial charge in [0, 0.05) is 38.1 Å². The van der Waals surface area contributed by atoms with Gasteiger partial charge in [0.1, 0.15) is 0 Å². The van der Waals surface area contributed by atoms with E-state index < -0.39 is 0 Å². The fourth-order valence-corrected chi connectivity index (χ4v) is 2.99. The van der Waals surface area contributed by atoms with Gasteiger partial charge in [0.05, 0.1) is 25.7 Å². The predicted octanol–water partition coefficient (Wildman–Crippen LogP) is 1.71. The molecule has 142 valence electrons. The first-order valence-electron chi connectivity index (χ1n) is 8.76. The molecule has 0 spiro atoms. The molecule has 1 saturated heterocycles. The fourth-order valence-electron chi connectivity index (χ4n) is 2.99. The molecule has 0 unspecified atom stereocenters. The van der Waals surface area contributed by atoms with Crippen LogP contribution in [0.3, 0.4) is 0 Å². The minimum absolute atomic E-state index is 0.0574. The average molecular weight is 363 g/mol. The number of hydrogen-bond acceptors (Lipinski definition) is 6. The summed E-state index contributed by atoms with van der Waals surface area (Å²) in [7, 11) is 1.33. The highest BCUT2D eigenvalue weighted by Crippen LogP contribution is 2.20. The van der Waals surface area contributed by atoms with E-state index >= 15 is 0 Å². The SMILES string of the molecule is CCOC(=O)N1CCC(N(CCC(=O)OC)C(=O)c2cccnc2)CC1. The van der Waals surface area contributed by atoms with Gasteiger partial charge in [0.25, 0.3) is 5.91 Å². The van der Waals surface area contributed by atoms with E-state index in [0.717, 1.165) is 0 Å². The van der Waals surface area contributed by atoms with Gasteiger partial charge in [-0.3, -0.25) is 14.6 Å². The Labute approximate surface area is 153 Å². The second-order valence-corrected chi connectivity index (χ2v) is 5.98. The van der Waals surface area contributed by atoms with E-state index in [0.29, 0.717) is 38.1 Å². The van der Waals surface area contributed by atoms with Crippen LogP contribution in [0.5, 0.6) is 0 Å². The molecule has 1 fully saturated rings. The normalized spacial score (nSPS) is 14.6. The second-order valence-electron chi connectivity index (χ2n) is 5.98. The lowest BCUT2D eigenvalue weighted by molar-refractivity contribution is -0.140. The number of methoxy groups -OCH3 is 1. The van der Waals surface area contributed by atoms with Crippen LogP contribution in [0.25, 0.3) is 0 Å². The summed E-state index contributed by atoms with van der Waals surface area (Å²) in [6.45, 7) is 3.40. The van der Waals surface area contributed by atoms with E-state index in [4.69, 9.17) is 9.47 Å². The third kappa shape index (κ3) is 5.18. The number of rotatable bonds is 6. The van der Waals surface area contributed by atoms with Crippen molar-refractivity contribution in [2.75, 3.05) is 33.4 Å². The summed E-state index contributed by atoms with van der Waals surface area (Å²) in [6.07, 6.45) is 4.18. The number of carbonyl (C=O) groups is 3. The minimum atomic E-state index is -0.363. The number of esters is 1. The van der Waals surface area contributed by atoms with Gasteiger partial charge in [-0.15, -0.1) is 0 Å². The summed E-state index contributed by atoms with van der Waals surface area (Å²) >= 11 is 0. The number of carbonyl (C=O) groups excluding carboxylic acids is 3. The first-order valence-corrected chi connectivity index (χ1v) is 8.76. The van der Waals surface area contributed by atoms with Gasteiger partial charge in [-0.2, -0.15) is 0 Å². The maximum atomic E-state index is 12.9. The summed E-state index contributed by atoms with van der Waals surface area (Å²) in [6, 6.07) is 3.35. The zero-order valence-corrected chi connectivity index (χ0v) is 15.2. The molecule has 0 N–H and O–H groups in total. The Morgan fingerprint density at radius 1 is 1.31 bits per heavy atom. The molecule has 1 aromatic heterocycles. The molecule has 2 amide bonds. The summed E-state index contributed by atoms with van der Waals surface area (Å²) in [5.74, 6) is -0.533. The average Bonchev–Trinajstić information content (AvgIpc) is 2.69. The van der Waals surface area contributed by atoms with Gasteiger partial charge in [0.15, 0.2) is 0 Å². The molecule has 0 atom stereocenters. The topological polar surface area (TPSA) is 89.0 Å². The van der Waals surface area contributed by atoms with Gasteiger partial charge < -0.3 is 19.3 Å². The van der Waals surface area contributed by atoms with Crippen LogP contribution < -0.4 is 0 Å². The molecule has 0 aromatic carbocycles. The van der Waals surface area contributed by atoms with Crippen molar-refractivity contribution in [3.63, 3.8) is 0 Å². The molecular weight excluding hydrogens is 338 g/mol. The Morgan fingerprint density at radius 2 is 2.04 bits per heavy atom. The van der Waals surface area contributed by atoms with Gasteiger partial charge in [-0.1, -0.05) is 0 Å². The third-order valence-corrected chi connectivity index (χ3v) is 4.39. The quantitative estimate of drug-likeness (QED) is 0.715. The van der Waals surface area contributed by atoms with E-state index in [2.05, 4.69) is 4.98 Å². The number of nitrogens with zero attached hydrogens (tertiary/aromatic N) is 3. The van der Waals surface area contributed by atoms with E-state index in [1.54, 1.807) is 35.1 Å². The minimum Gasteiger partial charge on any atom is -0.469 e. The number of piperidine rings is 1. The molecule has 2 rings (SSSR count). The number of pyridine rings is 1. The predicted molar refractivity (Wildman–Crippen MR) is 93.5 cm³/mol. The van der Waals surface area contributed by atoms with Gasteiger partial charge in [-0.25, -0.2) is 4.79 Å². The standard InChI is InChI=1S/C18H25N3O5/c1-3-26-18(24)20-10-6-15(7-11-20)21(12-8-16(22)25-2)17(23)14-5-4-9-19-13-14/h4-5,9,13,15H,3,6-8,10-12H2,1-2H3. The zero-order valence-electron chi connectivity index (χ0n) is 15.2. The summed E-state index contributed by atoms with van der Waals surface area (Å²) in [4.78, 5) is 43.6. The zero-order chi connectivity index (χ0) is 18.9. The maximum Gasteiger partial charge on any atom is 0.409 e. The second kappa shape index (κ2) is 9.74. The van der Waals surface area contributed by atoms with Crippen molar-refractivity contribution in [1.82, 2.24) is 14.8 Å². The monoisotopic (exact) mass is 363 g/mol. The van der Waals surface area contributed by atoms with E-state index in [9.17, 15) is 14.4 Å². The van der Waals surface area contributed by atoms with Crippen LogP contribution >= 0.6 is 0 Å². The molecule has 0 aliphatic carbocycles. The van der Waals surface area contributed by atoms with Crippen molar-refractivity contribution in [3.05, 3.63) is 30.1 Å². The highest BCUT2D eigenvalue weighted by molar-refractivity contribution is 5.94. The van der Waals surface area contributed by atoms with Gasteiger partial charge in [0.2, 0.25) is 0 Å². The van der Waals surface area contributed by atoms with Gasteiger partial charge in [-0.05, 0) is 31.9 Å². The Hall–Kier alpha value is -2.64. The van der Waals surface area contributed by atoms with Crippen LogP contribution in [0.15, 0.2) is 24.5 Å². The summed E-state index contributed by atoms with van der Waals surface area (Å²) in [5, 5.41) is 0. The van der Waals surface area contributed by atoms with Crippen molar-refractivity contribution in [1.29, 1.82) is 0 Å². The molecule has 1 aliphatic heterocycles. The molecular formula is C18H25N3O5. The Balaban J connectivity index is 2.05. The van der Waals surface area contributed by atoms with Crippen LogP contribution in [0, 0.1) is 0 Å². The lowest BCUT2D eigenvalue weighted by atomic mass is 10.0. The molecule has 1 aliphatic rings. The van der Waals surface area contributed by atoms with Crippen molar-refractivity contribution < 1.29 is 23.9 Å². The van der Waals surface area contributed by atoms with Crippen LogP contribution in [-0.2, 0) is 14.3 Å². The first kappa shape index (κ1) is 19.7. The lowest BCUT2D eigenvalue weighted by Gasteiger charge is -2.38. The molecule has 0 saturated carbocycles. The van der Waals surface area contributed by atoms with E-state index in [1.165, 1.54) is 13.3 Å². The highest BCUT2D eigenvalue weighted by atomic mass is 16.6. The lowest BCUT2D eigenvalue weighted by Crippen LogP contribution is -2.49. The molecule has 1 aromatic rings. The van der Waals surface area contributed by atoms with E-state index in [-0.39, 0.29) is 37.0 Å². The van der Waals surface area contributed by atoms with Crippen LogP contribution in [0.2, 0.25) is 0 Å². The van der Waals surface area contributed by atoms with Crippen molar-refractivity contribution in [2.45, 2.75) is 32.2 Å². The molecule has 0 bridgehead atoms. The first-order chi connectivity index (χ1) is 12.6. The summed E-state index contributed by atoms with van der Waals surface area (Å²) in [5.41, 5.74) is 0.477. The molecule has 2 heterocycles. The van der Waals surface area contributed by atoms with Crippen molar-refractivity contribution in [3.8, 4) is 0 Å². The number of likely N-dealkylation sites (tertiary alicyclic amines) is 1. The molecule has 26 heavy (non-hydrogen) atoms. The smallest absolute Gasteiger partial charge is 0.409 e. The summed E-state index contributed by atoms with van der Waals surface area (Å²) < 4.78 is 9.71. The van der Waals surface area contributed by atoms with Crippen molar-refractivity contribution >= 4 is 18.0 Å². The van der Waals surface area contributed by atoms with Gasteiger partial charge >= 0.3 is 12.1 Å². The Kier molecular flexibility index (Phi) is 7.37. The molecule has 8 nitrogen and oxygen atoms in total. The van der Waals surface area contributed by atoms with Crippen LogP contribution in [-0.4, -0.2) is 72.1 Å². The molecule has 0 radical (unpaired) electrons. The fraction of sp³-hybridized carbons (Fsp3) is 0.556. The largest absolute Gasteiger partial charge is 0.469 e. The number of hydrogen-bond donors (Lipinski definition) is 0. The molecule has 8 heteroatoms. The maximum absolute atomic E-state index is 12.9. The third-order valence-electron chi connectivity index (χ3n) is 4.39. The number of ether oxygens (including phenoxy) is 2.